The molecule has 0 aliphatic heterocycles. The van der Waals surface area contributed by atoms with Crippen molar-refractivity contribution in [2.24, 2.45) is 11.5 Å². The molecule has 4 aromatic rings. The van der Waals surface area contributed by atoms with Crippen LogP contribution in [0.1, 0.15) is 11.7 Å². The van der Waals surface area contributed by atoms with Crippen LogP contribution >= 0.6 is 0 Å². The predicted octanol–water partition coefficient (Wildman–Crippen LogP) is 4.05. The van der Waals surface area contributed by atoms with E-state index in [1.54, 1.807) is 0 Å². The van der Waals surface area contributed by atoms with Gasteiger partial charge in [0.15, 0.2) is 5.82 Å². The first-order chi connectivity index (χ1) is 13.3. The number of nitrogens with two attached hydrogens (primary N) is 2. The molecule has 0 fully saturated rings. The Bertz CT molecular complexity index is 1070. The van der Waals surface area contributed by atoms with Gasteiger partial charge in [-0.2, -0.15) is 0 Å². The van der Waals surface area contributed by atoms with Crippen LogP contribution in [0.4, 0.5) is 0 Å². The summed E-state index contributed by atoms with van der Waals surface area (Å²) in [4.78, 5) is 9.49. The van der Waals surface area contributed by atoms with Gasteiger partial charge in [0.1, 0.15) is 11.5 Å². The Hall–Kier alpha value is -3.28. The molecule has 0 saturated heterocycles. The van der Waals surface area contributed by atoms with E-state index in [-0.39, 0.29) is 6.04 Å². The molecule has 0 bridgehead atoms. The molecule has 1 heterocycles. The van der Waals surface area contributed by atoms with Gasteiger partial charge in [-0.05, 0) is 30.3 Å². The summed E-state index contributed by atoms with van der Waals surface area (Å²) in [7, 11) is 0. The Morgan fingerprint density at radius 2 is 1.52 bits per heavy atom. The van der Waals surface area contributed by atoms with Crippen LogP contribution < -0.4 is 16.2 Å². The molecule has 134 valence electrons. The number of hydrogen-bond donors (Lipinski definition) is 2. The van der Waals surface area contributed by atoms with Gasteiger partial charge in [-0.15, -0.1) is 0 Å². The Morgan fingerprint density at radius 3 is 2.33 bits per heavy atom. The maximum absolute atomic E-state index is 6.22. The smallest absolute Gasteiger partial charge is 0.163 e. The van der Waals surface area contributed by atoms with Crippen molar-refractivity contribution < 1.29 is 4.74 Å². The number of aromatic nitrogens is 2. The number of benzene rings is 3. The van der Waals surface area contributed by atoms with Crippen LogP contribution in [0, 0.1) is 0 Å². The molecule has 0 saturated carbocycles. The molecule has 0 aliphatic carbocycles. The van der Waals surface area contributed by atoms with Crippen LogP contribution in [-0.4, -0.2) is 16.5 Å². The molecule has 1 atom stereocenters. The number of hydrogen-bond acceptors (Lipinski definition) is 5. The zero-order chi connectivity index (χ0) is 18.6. The number of rotatable bonds is 5. The van der Waals surface area contributed by atoms with Crippen molar-refractivity contribution >= 4 is 10.9 Å². The highest BCUT2D eigenvalue weighted by Gasteiger charge is 2.16. The maximum Gasteiger partial charge on any atom is 0.163 e. The molecule has 0 aliphatic rings. The average molecular weight is 356 g/mol. The van der Waals surface area contributed by atoms with Gasteiger partial charge in [-0.25, -0.2) is 9.97 Å². The Labute approximate surface area is 157 Å². The van der Waals surface area contributed by atoms with E-state index in [0.29, 0.717) is 18.1 Å². The standard InChI is InChI=1S/C22H20N4O/c23-14-18(24)21-16-10-4-6-12-19(16)25-22(26-21)17-11-5-7-13-20(17)27-15-8-2-1-3-9-15/h1-13,18H,14,23-24H2. The van der Waals surface area contributed by atoms with Gasteiger partial charge >= 0.3 is 0 Å². The monoisotopic (exact) mass is 356 g/mol. The molecular weight excluding hydrogens is 336 g/mol. The average Bonchev–Trinajstić information content (AvgIpc) is 2.73. The van der Waals surface area contributed by atoms with Crippen molar-refractivity contribution in [2.45, 2.75) is 6.04 Å². The second-order valence-corrected chi connectivity index (χ2v) is 6.20. The highest BCUT2D eigenvalue weighted by Crippen LogP contribution is 2.33. The Balaban J connectivity index is 1.85. The van der Waals surface area contributed by atoms with Gasteiger partial charge in [0, 0.05) is 11.9 Å². The molecule has 4 N–H and O–H groups in total. The summed E-state index contributed by atoms with van der Waals surface area (Å²) in [6.07, 6.45) is 0. The minimum Gasteiger partial charge on any atom is -0.457 e. The second kappa shape index (κ2) is 7.53. The van der Waals surface area contributed by atoms with Crippen molar-refractivity contribution in [3.8, 4) is 22.9 Å². The molecule has 0 amide bonds. The Kier molecular flexibility index (Phi) is 4.78. The molecule has 27 heavy (non-hydrogen) atoms. The molecule has 1 unspecified atom stereocenters. The summed E-state index contributed by atoms with van der Waals surface area (Å²) < 4.78 is 6.07. The first-order valence-corrected chi connectivity index (χ1v) is 8.81. The van der Waals surface area contributed by atoms with E-state index in [2.05, 4.69) is 0 Å². The van der Waals surface area contributed by atoms with Gasteiger partial charge in [0.05, 0.1) is 22.8 Å². The van der Waals surface area contributed by atoms with Gasteiger partial charge in [0.2, 0.25) is 0 Å². The van der Waals surface area contributed by atoms with Crippen LogP contribution in [-0.2, 0) is 0 Å². The van der Waals surface area contributed by atoms with E-state index >= 15 is 0 Å². The lowest BCUT2D eigenvalue weighted by Crippen LogP contribution is -2.22. The minimum absolute atomic E-state index is 0.308. The van der Waals surface area contributed by atoms with Crippen molar-refractivity contribution in [2.75, 3.05) is 6.54 Å². The first kappa shape index (κ1) is 17.1. The lowest BCUT2D eigenvalue weighted by atomic mass is 10.1. The molecule has 0 spiro atoms. The third-order valence-corrected chi connectivity index (χ3v) is 4.34. The van der Waals surface area contributed by atoms with Gasteiger partial charge in [-0.3, -0.25) is 0 Å². The van der Waals surface area contributed by atoms with Crippen LogP contribution in [0.3, 0.4) is 0 Å². The fourth-order valence-corrected chi connectivity index (χ4v) is 2.97. The summed E-state index contributed by atoms with van der Waals surface area (Å²) in [5.74, 6) is 2.01. The molecule has 5 nitrogen and oxygen atoms in total. The zero-order valence-corrected chi connectivity index (χ0v) is 14.7. The van der Waals surface area contributed by atoms with Crippen molar-refractivity contribution in [3.05, 3.63) is 84.6 Å². The number of ether oxygens (including phenoxy) is 1. The van der Waals surface area contributed by atoms with Crippen molar-refractivity contribution in [3.63, 3.8) is 0 Å². The third kappa shape index (κ3) is 3.51. The van der Waals surface area contributed by atoms with Crippen molar-refractivity contribution in [1.29, 1.82) is 0 Å². The zero-order valence-electron chi connectivity index (χ0n) is 14.7. The molecule has 5 heteroatoms. The van der Waals surface area contributed by atoms with E-state index in [1.165, 1.54) is 0 Å². The summed E-state index contributed by atoms with van der Waals surface area (Å²) >= 11 is 0. The summed E-state index contributed by atoms with van der Waals surface area (Å²) in [6, 6.07) is 24.8. The van der Waals surface area contributed by atoms with Crippen LogP contribution in [0.25, 0.3) is 22.3 Å². The van der Waals surface area contributed by atoms with E-state index in [1.807, 2.05) is 78.9 Å². The lowest BCUT2D eigenvalue weighted by molar-refractivity contribution is 0.484. The van der Waals surface area contributed by atoms with Gasteiger partial charge < -0.3 is 16.2 Å². The number of para-hydroxylation sites is 3. The Morgan fingerprint density at radius 1 is 0.815 bits per heavy atom. The summed E-state index contributed by atoms with van der Waals surface area (Å²) in [5.41, 5.74) is 14.4. The van der Waals surface area contributed by atoms with E-state index < -0.39 is 0 Å². The fourth-order valence-electron chi connectivity index (χ4n) is 2.97. The highest BCUT2D eigenvalue weighted by molar-refractivity contribution is 5.83. The summed E-state index contributed by atoms with van der Waals surface area (Å²) in [6.45, 7) is 0.308. The predicted molar refractivity (Wildman–Crippen MR) is 107 cm³/mol. The third-order valence-electron chi connectivity index (χ3n) is 4.34. The quantitative estimate of drug-likeness (QED) is 0.563. The normalized spacial score (nSPS) is 12.1. The molecular formula is C22H20N4O. The molecule has 3 aromatic carbocycles. The molecule has 0 radical (unpaired) electrons. The van der Waals surface area contributed by atoms with Gasteiger partial charge in [0.25, 0.3) is 0 Å². The number of nitrogens with zero attached hydrogens (tertiary/aromatic N) is 2. The van der Waals surface area contributed by atoms with Crippen molar-refractivity contribution in [1.82, 2.24) is 9.97 Å². The molecule has 1 aromatic heterocycles. The van der Waals surface area contributed by atoms with E-state index in [9.17, 15) is 0 Å². The SMILES string of the molecule is NCC(N)c1nc(-c2ccccc2Oc2ccccc2)nc2ccccc12. The number of fused-ring (bicyclic) bond motifs is 1. The molecule has 4 rings (SSSR count). The first-order valence-electron chi connectivity index (χ1n) is 8.81. The topological polar surface area (TPSA) is 87.1 Å². The van der Waals surface area contributed by atoms with E-state index in [4.69, 9.17) is 26.2 Å². The van der Waals surface area contributed by atoms with Crippen LogP contribution in [0.5, 0.6) is 11.5 Å². The summed E-state index contributed by atoms with van der Waals surface area (Å²) in [5, 5.41) is 0.917. The fraction of sp³-hybridized carbons (Fsp3) is 0.0909. The maximum atomic E-state index is 6.22. The largest absolute Gasteiger partial charge is 0.457 e. The van der Waals surface area contributed by atoms with Crippen LogP contribution in [0.2, 0.25) is 0 Å². The van der Waals surface area contributed by atoms with Crippen LogP contribution in [0.15, 0.2) is 78.9 Å². The lowest BCUT2D eigenvalue weighted by Gasteiger charge is -2.15. The second-order valence-electron chi connectivity index (χ2n) is 6.20. The highest BCUT2D eigenvalue weighted by atomic mass is 16.5. The minimum atomic E-state index is -0.362. The van der Waals surface area contributed by atoms with Gasteiger partial charge in [-0.1, -0.05) is 48.5 Å². The van der Waals surface area contributed by atoms with E-state index in [0.717, 1.165) is 27.9 Å².